The van der Waals surface area contributed by atoms with Gasteiger partial charge in [0.1, 0.15) is 0 Å². The molecule has 0 N–H and O–H groups in total. The van der Waals surface area contributed by atoms with Gasteiger partial charge in [-0.2, -0.15) is 0 Å². The van der Waals surface area contributed by atoms with Gasteiger partial charge in [0.15, 0.2) is 5.82 Å². The second-order valence-electron chi connectivity index (χ2n) is 14.1. The van der Waals surface area contributed by atoms with E-state index in [1.165, 1.54) is 60.8 Å². The first-order valence-corrected chi connectivity index (χ1v) is 18.3. The average molecular weight is 673 g/mol. The first-order chi connectivity index (χ1) is 26.3. The van der Waals surface area contributed by atoms with Crippen LogP contribution in [0.1, 0.15) is 22.3 Å². The summed E-state index contributed by atoms with van der Waals surface area (Å²) >= 11 is 0. The fourth-order valence-corrected chi connectivity index (χ4v) is 9.11. The lowest BCUT2D eigenvalue weighted by Crippen LogP contribution is -2.25. The molecular weight excluding hydrogens is 641 g/mol. The van der Waals surface area contributed by atoms with Gasteiger partial charge in [-0.1, -0.05) is 182 Å². The number of hydrogen-bond donors (Lipinski definition) is 0. The molecule has 8 aromatic carbocycles. The second-order valence-corrected chi connectivity index (χ2v) is 14.1. The molecule has 2 nitrogen and oxygen atoms in total. The van der Waals surface area contributed by atoms with Crippen LogP contribution in [0.5, 0.6) is 0 Å². The summed E-state index contributed by atoms with van der Waals surface area (Å²) < 4.78 is 0. The molecule has 0 radical (unpaired) electrons. The standard InChI is InChI=1S/C51H32N2/c1-3-15-33(16-4-1)36-20-13-21-37(31-36)50-52-46(35-18-5-2-6-19-35)32-47(53-50)41-25-14-28-44-49(41)40-24-10-12-27-43(40)51(44)42-26-11-9-23-39(42)48-38-22-8-7-17-34(38)29-30-45(48)51/h1-32H. The van der Waals surface area contributed by atoms with E-state index in [4.69, 9.17) is 9.97 Å². The maximum absolute atomic E-state index is 5.42. The molecule has 1 spiro atoms. The van der Waals surface area contributed by atoms with Gasteiger partial charge in [-0.05, 0) is 78.5 Å². The summed E-state index contributed by atoms with van der Waals surface area (Å²) in [6, 6.07) is 70.1. The first kappa shape index (κ1) is 29.8. The Labute approximate surface area is 308 Å². The van der Waals surface area contributed by atoms with E-state index >= 15 is 0 Å². The molecule has 2 aliphatic carbocycles. The highest BCUT2D eigenvalue weighted by Crippen LogP contribution is 2.64. The van der Waals surface area contributed by atoms with Crippen LogP contribution in [-0.2, 0) is 5.41 Å². The van der Waals surface area contributed by atoms with Crippen LogP contribution in [0.25, 0.3) is 78.1 Å². The van der Waals surface area contributed by atoms with Crippen LogP contribution >= 0.6 is 0 Å². The van der Waals surface area contributed by atoms with Crippen LogP contribution in [-0.4, -0.2) is 9.97 Å². The molecule has 2 aliphatic rings. The summed E-state index contributed by atoms with van der Waals surface area (Å²) in [5.74, 6) is 0.709. The lowest BCUT2D eigenvalue weighted by molar-refractivity contribution is 0.794. The van der Waals surface area contributed by atoms with Crippen molar-refractivity contribution in [3.63, 3.8) is 0 Å². The molecule has 11 rings (SSSR count). The molecule has 0 fully saturated rings. The van der Waals surface area contributed by atoms with Crippen LogP contribution in [0.2, 0.25) is 0 Å². The van der Waals surface area contributed by atoms with E-state index in [0.717, 1.165) is 33.6 Å². The quantitative estimate of drug-likeness (QED) is 0.186. The van der Waals surface area contributed by atoms with Gasteiger partial charge in [-0.25, -0.2) is 9.97 Å². The van der Waals surface area contributed by atoms with Crippen LogP contribution in [0.15, 0.2) is 194 Å². The Balaban J connectivity index is 1.19. The molecule has 0 bridgehead atoms. The molecule has 0 saturated heterocycles. The van der Waals surface area contributed by atoms with E-state index in [9.17, 15) is 0 Å². The highest BCUT2D eigenvalue weighted by Gasteiger charge is 2.52. The minimum Gasteiger partial charge on any atom is -0.228 e. The first-order valence-electron chi connectivity index (χ1n) is 18.3. The molecule has 2 heteroatoms. The predicted octanol–water partition coefficient (Wildman–Crippen LogP) is 12.6. The van der Waals surface area contributed by atoms with Gasteiger partial charge in [0.05, 0.1) is 16.8 Å². The van der Waals surface area contributed by atoms with Gasteiger partial charge in [0.2, 0.25) is 0 Å². The maximum atomic E-state index is 5.42. The number of rotatable bonds is 4. The highest BCUT2D eigenvalue weighted by molar-refractivity contribution is 6.07. The zero-order valence-corrected chi connectivity index (χ0v) is 28.9. The zero-order chi connectivity index (χ0) is 34.9. The Morgan fingerprint density at radius 1 is 0.321 bits per heavy atom. The van der Waals surface area contributed by atoms with E-state index in [2.05, 4.69) is 194 Å². The molecule has 9 aromatic rings. The van der Waals surface area contributed by atoms with E-state index < -0.39 is 5.41 Å². The van der Waals surface area contributed by atoms with Crippen LogP contribution in [0, 0.1) is 0 Å². The number of benzene rings is 8. The van der Waals surface area contributed by atoms with Gasteiger partial charge in [0, 0.05) is 16.7 Å². The summed E-state index contributed by atoms with van der Waals surface area (Å²) in [6.45, 7) is 0. The number of aromatic nitrogens is 2. The summed E-state index contributed by atoms with van der Waals surface area (Å²) in [4.78, 5) is 10.6. The predicted molar refractivity (Wildman–Crippen MR) is 218 cm³/mol. The third-order valence-corrected chi connectivity index (χ3v) is 11.3. The average Bonchev–Trinajstić information content (AvgIpc) is 3.72. The van der Waals surface area contributed by atoms with E-state index in [0.29, 0.717) is 5.82 Å². The van der Waals surface area contributed by atoms with Crippen LogP contribution in [0.4, 0.5) is 0 Å². The summed E-state index contributed by atoms with van der Waals surface area (Å²) in [5.41, 5.74) is 17.2. The Bertz CT molecular complexity index is 2890. The monoisotopic (exact) mass is 672 g/mol. The van der Waals surface area contributed by atoms with E-state index in [1.807, 2.05) is 0 Å². The molecule has 1 atom stereocenters. The zero-order valence-electron chi connectivity index (χ0n) is 28.9. The minimum absolute atomic E-state index is 0.458. The van der Waals surface area contributed by atoms with Crippen molar-refractivity contribution in [3.05, 3.63) is 216 Å². The topological polar surface area (TPSA) is 25.8 Å². The lowest BCUT2D eigenvalue weighted by Gasteiger charge is -2.30. The maximum Gasteiger partial charge on any atom is 0.160 e. The van der Waals surface area contributed by atoms with Crippen molar-refractivity contribution < 1.29 is 0 Å². The Hall–Kier alpha value is -6.90. The third kappa shape index (κ3) is 4.33. The van der Waals surface area contributed by atoms with Gasteiger partial charge in [-0.3, -0.25) is 0 Å². The molecule has 0 amide bonds. The lowest BCUT2D eigenvalue weighted by atomic mass is 9.70. The van der Waals surface area contributed by atoms with Crippen molar-refractivity contribution in [3.8, 4) is 67.3 Å². The van der Waals surface area contributed by atoms with Crippen molar-refractivity contribution in [2.24, 2.45) is 0 Å². The van der Waals surface area contributed by atoms with Crippen molar-refractivity contribution in [1.82, 2.24) is 9.97 Å². The molecule has 1 heterocycles. The normalized spacial score (nSPS) is 14.9. The molecule has 0 saturated carbocycles. The highest BCUT2D eigenvalue weighted by atomic mass is 14.9. The number of hydrogen-bond acceptors (Lipinski definition) is 2. The Kier molecular flexibility index (Phi) is 6.50. The molecule has 1 unspecified atom stereocenters. The Morgan fingerprint density at radius 3 is 1.66 bits per heavy atom. The fraction of sp³-hybridized carbons (Fsp3) is 0.0196. The van der Waals surface area contributed by atoms with E-state index in [-0.39, 0.29) is 0 Å². The molecular formula is C51H32N2. The van der Waals surface area contributed by atoms with Crippen molar-refractivity contribution in [2.45, 2.75) is 5.41 Å². The summed E-state index contributed by atoms with van der Waals surface area (Å²) in [6.07, 6.45) is 0. The van der Waals surface area contributed by atoms with Crippen molar-refractivity contribution in [2.75, 3.05) is 0 Å². The molecule has 1 aromatic heterocycles. The minimum atomic E-state index is -0.458. The van der Waals surface area contributed by atoms with E-state index in [1.54, 1.807) is 0 Å². The molecule has 0 aliphatic heterocycles. The summed E-state index contributed by atoms with van der Waals surface area (Å²) in [5, 5.41) is 2.55. The van der Waals surface area contributed by atoms with Crippen LogP contribution < -0.4 is 0 Å². The van der Waals surface area contributed by atoms with Gasteiger partial charge < -0.3 is 0 Å². The smallest absolute Gasteiger partial charge is 0.160 e. The van der Waals surface area contributed by atoms with Crippen molar-refractivity contribution in [1.29, 1.82) is 0 Å². The van der Waals surface area contributed by atoms with Gasteiger partial charge in [-0.15, -0.1) is 0 Å². The fourth-order valence-electron chi connectivity index (χ4n) is 9.11. The van der Waals surface area contributed by atoms with Gasteiger partial charge in [0.25, 0.3) is 0 Å². The third-order valence-electron chi connectivity index (χ3n) is 11.3. The SMILES string of the molecule is c1ccc(-c2cccc(-c3nc(-c4ccccc4)cc(-c4cccc5c4-c4ccccc4C54c5ccccc5-c5c4ccc4ccccc54)n3)c2)cc1. The molecule has 246 valence electrons. The summed E-state index contributed by atoms with van der Waals surface area (Å²) in [7, 11) is 0. The van der Waals surface area contributed by atoms with Crippen LogP contribution in [0.3, 0.4) is 0 Å². The van der Waals surface area contributed by atoms with Gasteiger partial charge >= 0.3 is 0 Å². The number of fused-ring (bicyclic) bond motifs is 12. The molecule has 53 heavy (non-hydrogen) atoms. The largest absolute Gasteiger partial charge is 0.228 e. The number of nitrogens with zero attached hydrogens (tertiary/aromatic N) is 2. The Morgan fingerprint density at radius 2 is 0.868 bits per heavy atom. The second kappa shape index (κ2) is 11.6. The van der Waals surface area contributed by atoms with Crippen molar-refractivity contribution >= 4 is 10.8 Å².